The first-order chi connectivity index (χ1) is 17.5. The topological polar surface area (TPSA) is 89.1 Å². The molecular formula is C25H28BrF2N3O5. The summed E-state index contributed by atoms with van der Waals surface area (Å²) in [5.74, 6) is -0.951. The fourth-order valence-electron chi connectivity index (χ4n) is 4.74. The molecule has 4 atom stereocenters. The van der Waals surface area contributed by atoms with Gasteiger partial charge in [-0.1, -0.05) is 13.8 Å². The van der Waals surface area contributed by atoms with Gasteiger partial charge in [-0.3, -0.25) is 0 Å². The minimum atomic E-state index is -0.678. The Morgan fingerprint density at radius 3 is 2.50 bits per heavy atom. The van der Waals surface area contributed by atoms with Crippen molar-refractivity contribution >= 4 is 32.7 Å². The van der Waals surface area contributed by atoms with Crippen molar-refractivity contribution in [3.8, 4) is 17.1 Å². The molecule has 3 aromatic rings. The van der Waals surface area contributed by atoms with E-state index < -0.39 is 29.9 Å². The standard InChI is InChI=1S/C23H22BrF2N3O5.C2H6/c24-19-20-15(28-23(19)34-17-10-33-21-16(30)9-32-22(17)21)2-1-14(27-20)18-12(25)7-11(8-13(18)26)29-3-5-31-6-4-29;1-2/h1-2,7-8,16-17,21-22,28,30H,3-6,9-10H2;1-2H3/t16-,17-,21?,22-;/m1./s1. The molecule has 3 saturated heterocycles. The number of aromatic amines is 1. The molecule has 2 aromatic heterocycles. The van der Waals surface area contributed by atoms with Crippen LogP contribution < -0.4 is 9.64 Å². The van der Waals surface area contributed by atoms with Gasteiger partial charge in [0, 0.05) is 18.8 Å². The van der Waals surface area contributed by atoms with Crippen molar-refractivity contribution < 1.29 is 32.8 Å². The zero-order valence-corrected chi connectivity index (χ0v) is 21.6. The largest absolute Gasteiger partial charge is 0.469 e. The third-order valence-corrected chi connectivity index (χ3v) is 7.20. The summed E-state index contributed by atoms with van der Waals surface area (Å²) in [6, 6.07) is 5.94. The Balaban J connectivity index is 0.00000130. The number of pyridine rings is 1. The maximum Gasteiger partial charge on any atom is 0.208 e. The number of morpholine rings is 1. The van der Waals surface area contributed by atoms with Crippen LogP contribution in [-0.4, -0.2) is 79.0 Å². The lowest BCUT2D eigenvalue weighted by atomic mass is 10.1. The minimum absolute atomic E-state index is 0.175. The lowest BCUT2D eigenvalue weighted by Crippen LogP contribution is -2.36. The van der Waals surface area contributed by atoms with E-state index in [0.717, 1.165) is 0 Å². The Bertz CT molecular complexity index is 1210. The number of aromatic nitrogens is 2. The van der Waals surface area contributed by atoms with Gasteiger partial charge in [0.05, 0.1) is 43.2 Å². The molecule has 6 rings (SSSR count). The van der Waals surface area contributed by atoms with Crippen molar-refractivity contribution in [3.63, 3.8) is 0 Å². The van der Waals surface area contributed by atoms with Crippen LogP contribution in [0, 0.1) is 11.6 Å². The number of rotatable bonds is 4. The zero-order valence-electron chi connectivity index (χ0n) is 20.0. The van der Waals surface area contributed by atoms with E-state index in [0.29, 0.717) is 53.4 Å². The number of aliphatic hydroxyl groups excluding tert-OH is 1. The molecule has 8 nitrogen and oxygen atoms in total. The quantitative estimate of drug-likeness (QED) is 0.492. The average Bonchev–Trinajstić information content (AvgIpc) is 3.56. The molecule has 0 aliphatic carbocycles. The van der Waals surface area contributed by atoms with Crippen LogP contribution in [0.4, 0.5) is 14.5 Å². The van der Waals surface area contributed by atoms with Gasteiger partial charge in [-0.15, -0.1) is 0 Å². The molecule has 0 saturated carbocycles. The summed E-state index contributed by atoms with van der Waals surface area (Å²) in [5.41, 5.74) is 1.59. The molecule has 2 N–H and O–H groups in total. The maximum atomic E-state index is 15.1. The second-order valence-corrected chi connectivity index (χ2v) is 9.36. The first-order valence-corrected chi connectivity index (χ1v) is 12.9. The lowest BCUT2D eigenvalue weighted by molar-refractivity contribution is 0.00780. The third-order valence-electron chi connectivity index (χ3n) is 6.46. The van der Waals surface area contributed by atoms with Crippen molar-refractivity contribution in [1.82, 2.24) is 9.97 Å². The first kappa shape index (κ1) is 25.3. The third kappa shape index (κ3) is 4.58. The number of aliphatic hydroxyl groups is 1. The predicted molar refractivity (Wildman–Crippen MR) is 133 cm³/mol. The molecule has 0 radical (unpaired) electrons. The summed E-state index contributed by atoms with van der Waals surface area (Å²) < 4.78 is 53.2. The highest BCUT2D eigenvalue weighted by molar-refractivity contribution is 9.10. The van der Waals surface area contributed by atoms with Crippen LogP contribution in [-0.2, 0) is 14.2 Å². The first-order valence-electron chi connectivity index (χ1n) is 12.1. The van der Waals surface area contributed by atoms with Gasteiger partial charge in [-0.05, 0) is 40.2 Å². The van der Waals surface area contributed by atoms with E-state index in [9.17, 15) is 5.11 Å². The van der Waals surface area contributed by atoms with Gasteiger partial charge in [-0.25, -0.2) is 13.8 Å². The summed E-state index contributed by atoms with van der Waals surface area (Å²) in [5, 5.41) is 9.92. The van der Waals surface area contributed by atoms with E-state index in [2.05, 4.69) is 25.9 Å². The van der Waals surface area contributed by atoms with Crippen molar-refractivity contribution in [2.75, 3.05) is 44.4 Å². The van der Waals surface area contributed by atoms with E-state index in [1.54, 1.807) is 12.1 Å². The Kier molecular flexibility index (Phi) is 7.45. The molecule has 0 amide bonds. The normalized spacial score (nSPS) is 25.6. The number of hydrogen-bond acceptors (Lipinski definition) is 7. The van der Waals surface area contributed by atoms with E-state index in [-0.39, 0.29) is 30.6 Å². The van der Waals surface area contributed by atoms with Crippen LogP contribution in [0.3, 0.4) is 0 Å². The monoisotopic (exact) mass is 567 g/mol. The van der Waals surface area contributed by atoms with Crippen molar-refractivity contribution in [1.29, 1.82) is 0 Å². The molecule has 3 aliphatic heterocycles. The summed E-state index contributed by atoms with van der Waals surface area (Å²) in [7, 11) is 0. The number of nitrogens with zero attached hydrogens (tertiary/aromatic N) is 2. The molecule has 194 valence electrons. The lowest BCUT2D eigenvalue weighted by Gasteiger charge is -2.29. The zero-order chi connectivity index (χ0) is 25.4. The van der Waals surface area contributed by atoms with E-state index >= 15 is 8.78 Å². The molecule has 3 aliphatic rings. The number of ether oxygens (including phenoxy) is 4. The highest BCUT2D eigenvalue weighted by atomic mass is 79.9. The molecule has 36 heavy (non-hydrogen) atoms. The van der Waals surface area contributed by atoms with Crippen molar-refractivity contribution in [3.05, 3.63) is 40.4 Å². The molecule has 0 spiro atoms. The molecule has 1 unspecified atom stereocenters. The van der Waals surface area contributed by atoms with Gasteiger partial charge in [0.25, 0.3) is 0 Å². The second-order valence-electron chi connectivity index (χ2n) is 8.56. The predicted octanol–water partition coefficient (Wildman–Crippen LogP) is 4.04. The van der Waals surface area contributed by atoms with Gasteiger partial charge in [0.1, 0.15) is 39.9 Å². The average molecular weight is 568 g/mol. The molecule has 1 aromatic carbocycles. The van der Waals surface area contributed by atoms with Gasteiger partial charge in [0.15, 0.2) is 6.10 Å². The molecule has 5 heterocycles. The number of hydrogen-bond donors (Lipinski definition) is 2. The molecule has 0 bridgehead atoms. The number of anilines is 1. The van der Waals surface area contributed by atoms with Gasteiger partial charge >= 0.3 is 0 Å². The Morgan fingerprint density at radius 2 is 1.78 bits per heavy atom. The summed E-state index contributed by atoms with van der Waals surface area (Å²) in [4.78, 5) is 9.53. The highest BCUT2D eigenvalue weighted by Crippen LogP contribution is 2.38. The minimum Gasteiger partial charge on any atom is -0.469 e. The number of H-pyrrole nitrogens is 1. The number of benzene rings is 1. The Morgan fingerprint density at radius 1 is 1.08 bits per heavy atom. The molecular weight excluding hydrogens is 540 g/mol. The maximum absolute atomic E-state index is 15.1. The van der Waals surface area contributed by atoms with Crippen LogP contribution in [0.25, 0.3) is 22.3 Å². The van der Waals surface area contributed by atoms with E-state index in [4.69, 9.17) is 18.9 Å². The number of nitrogens with one attached hydrogen (secondary N) is 1. The van der Waals surface area contributed by atoms with Gasteiger partial charge in [-0.2, -0.15) is 0 Å². The Labute approximate surface area is 215 Å². The highest BCUT2D eigenvalue weighted by Gasteiger charge is 2.48. The van der Waals surface area contributed by atoms with E-state index in [1.165, 1.54) is 12.1 Å². The fraction of sp³-hybridized carbons (Fsp3) is 0.480. The summed E-state index contributed by atoms with van der Waals surface area (Å²) in [6.45, 7) is 6.69. The molecule has 3 fully saturated rings. The number of fused-ring (bicyclic) bond motifs is 2. The summed E-state index contributed by atoms with van der Waals surface area (Å²) >= 11 is 3.50. The van der Waals surface area contributed by atoms with Crippen LogP contribution in [0.15, 0.2) is 28.7 Å². The second kappa shape index (κ2) is 10.6. The van der Waals surface area contributed by atoms with Crippen LogP contribution in [0.5, 0.6) is 5.88 Å². The van der Waals surface area contributed by atoms with Crippen LogP contribution in [0.2, 0.25) is 0 Å². The van der Waals surface area contributed by atoms with Crippen molar-refractivity contribution in [2.45, 2.75) is 38.3 Å². The van der Waals surface area contributed by atoms with Crippen LogP contribution >= 0.6 is 15.9 Å². The summed E-state index contributed by atoms with van der Waals surface area (Å²) in [6.07, 6.45) is -1.86. The fourth-order valence-corrected chi connectivity index (χ4v) is 5.23. The number of halogens is 3. The van der Waals surface area contributed by atoms with Gasteiger partial charge in [0.2, 0.25) is 5.88 Å². The van der Waals surface area contributed by atoms with Gasteiger partial charge < -0.3 is 33.9 Å². The smallest absolute Gasteiger partial charge is 0.208 e. The molecule has 11 heteroatoms. The SMILES string of the molecule is CC.O[C@@H]1CO[C@H]2C1OC[C@H]2Oc1[nH]c2ccc(-c3c(F)cc(N4CCOCC4)cc3F)nc2c1Br. The van der Waals surface area contributed by atoms with Crippen molar-refractivity contribution in [2.24, 2.45) is 0 Å². The van der Waals surface area contributed by atoms with E-state index in [1.807, 2.05) is 18.7 Å². The Hall–Kier alpha value is -2.31. The van der Waals surface area contributed by atoms with Crippen LogP contribution in [0.1, 0.15) is 13.8 Å².